The molecule has 0 unspecified atom stereocenters. The Morgan fingerprint density at radius 3 is 2.68 bits per heavy atom. The lowest BCUT2D eigenvalue weighted by molar-refractivity contribution is -0.146. The van der Waals surface area contributed by atoms with Gasteiger partial charge in [-0.15, -0.1) is 0 Å². The predicted molar refractivity (Wildman–Crippen MR) is 72.2 cm³/mol. The quantitative estimate of drug-likeness (QED) is 0.354. The molecule has 0 fully saturated rings. The van der Waals surface area contributed by atoms with Gasteiger partial charge in [0.2, 0.25) is 0 Å². The third-order valence-corrected chi connectivity index (χ3v) is 2.49. The normalized spacial score (nSPS) is 10.0. The summed E-state index contributed by atoms with van der Waals surface area (Å²) in [7, 11) is 0. The summed E-state index contributed by atoms with van der Waals surface area (Å²) < 4.78 is 10.2. The van der Waals surface area contributed by atoms with E-state index in [4.69, 9.17) is 15.2 Å². The minimum atomic E-state index is -0.445. The van der Waals surface area contributed by atoms with Crippen molar-refractivity contribution in [3.05, 3.63) is 23.8 Å². The van der Waals surface area contributed by atoms with Crippen molar-refractivity contribution in [2.45, 2.75) is 26.7 Å². The largest absolute Gasteiger partial charge is 0.481 e. The average molecular weight is 265 g/mol. The van der Waals surface area contributed by atoms with Crippen molar-refractivity contribution in [1.29, 1.82) is 0 Å². The van der Waals surface area contributed by atoms with Crippen molar-refractivity contribution < 1.29 is 19.1 Å². The van der Waals surface area contributed by atoms with E-state index < -0.39 is 5.97 Å². The molecule has 0 heterocycles. The fourth-order valence-corrected chi connectivity index (χ4v) is 1.46. The SMILES string of the molecule is CCCCOC(=O)COc1ccc(N)cc1C(C)=O. The van der Waals surface area contributed by atoms with Crippen molar-refractivity contribution >= 4 is 17.4 Å². The summed E-state index contributed by atoms with van der Waals surface area (Å²) in [5.74, 6) is -0.268. The zero-order chi connectivity index (χ0) is 14.3. The number of unbranched alkanes of at least 4 members (excludes halogenated alkanes) is 1. The molecule has 0 spiro atoms. The highest BCUT2D eigenvalue weighted by atomic mass is 16.6. The van der Waals surface area contributed by atoms with E-state index in [1.165, 1.54) is 13.0 Å². The number of hydrogen-bond acceptors (Lipinski definition) is 5. The zero-order valence-corrected chi connectivity index (χ0v) is 11.3. The number of carbonyl (C=O) groups excluding carboxylic acids is 2. The maximum absolute atomic E-state index is 11.4. The Morgan fingerprint density at radius 2 is 2.05 bits per heavy atom. The zero-order valence-electron chi connectivity index (χ0n) is 11.3. The van der Waals surface area contributed by atoms with Gasteiger partial charge in [-0.25, -0.2) is 4.79 Å². The molecule has 104 valence electrons. The number of Topliss-reactive ketones (excluding diaryl/α,β-unsaturated/α-hetero) is 1. The summed E-state index contributed by atoms with van der Waals surface area (Å²) in [5, 5.41) is 0. The van der Waals surface area contributed by atoms with Crippen LogP contribution in [0, 0.1) is 0 Å². The number of nitrogens with two attached hydrogens (primary N) is 1. The average Bonchev–Trinajstić information content (AvgIpc) is 2.37. The Hall–Kier alpha value is -2.04. The van der Waals surface area contributed by atoms with Crippen LogP contribution in [-0.4, -0.2) is 25.0 Å². The van der Waals surface area contributed by atoms with Gasteiger partial charge in [0.25, 0.3) is 0 Å². The van der Waals surface area contributed by atoms with Crippen molar-refractivity contribution in [2.75, 3.05) is 18.9 Å². The van der Waals surface area contributed by atoms with Gasteiger partial charge in [0.1, 0.15) is 5.75 Å². The molecule has 19 heavy (non-hydrogen) atoms. The highest BCUT2D eigenvalue weighted by molar-refractivity contribution is 5.97. The summed E-state index contributed by atoms with van der Waals surface area (Å²) in [4.78, 5) is 22.8. The van der Waals surface area contributed by atoms with Crippen LogP contribution in [0.5, 0.6) is 5.75 Å². The van der Waals surface area contributed by atoms with Crippen LogP contribution in [0.4, 0.5) is 5.69 Å². The van der Waals surface area contributed by atoms with Crippen molar-refractivity contribution in [2.24, 2.45) is 0 Å². The third kappa shape index (κ3) is 4.99. The lowest BCUT2D eigenvalue weighted by atomic mass is 10.1. The first-order chi connectivity index (χ1) is 9.04. The molecule has 0 saturated carbocycles. The standard InChI is InChI=1S/C14H19NO4/c1-3-4-7-18-14(17)9-19-13-6-5-11(15)8-12(13)10(2)16/h5-6,8H,3-4,7,9,15H2,1-2H3. The van der Waals surface area contributed by atoms with E-state index in [1.54, 1.807) is 12.1 Å². The van der Waals surface area contributed by atoms with Crippen LogP contribution in [0.2, 0.25) is 0 Å². The molecule has 0 saturated heterocycles. The molecule has 0 bridgehead atoms. The van der Waals surface area contributed by atoms with E-state index in [-0.39, 0.29) is 12.4 Å². The van der Waals surface area contributed by atoms with E-state index in [9.17, 15) is 9.59 Å². The number of hydrogen-bond donors (Lipinski definition) is 1. The molecule has 5 heteroatoms. The lowest BCUT2D eigenvalue weighted by Crippen LogP contribution is -2.16. The van der Waals surface area contributed by atoms with Crippen LogP contribution in [-0.2, 0) is 9.53 Å². The Bertz CT molecular complexity index is 457. The summed E-state index contributed by atoms with van der Waals surface area (Å²) in [6, 6.07) is 4.72. The molecule has 1 aromatic carbocycles. The second kappa shape index (κ2) is 7.41. The van der Waals surface area contributed by atoms with Gasteiger partial charge in [-0.2, -0.15) is 0 Å². The highest BCUT2D eigenvalue weighted by Crippen LogP contribution is 2.21. The van der Waals surface area contributed by atoms with Crippen LogP contribution in [0.1, 0.15) is 37.0 Å². The summed E-state index contributed by atoms with van der Waals surface area (Å²) >= 11 is 0. The predicted octanol–water partition coefficient (Wildman–Crippen LogP) is 2.19. The number of nitrogen functional groups attached to an aromatic ring is 1. The Balaban J connectivity index is 2.57. The first kappa shape index (κ1) is 15.0. The Kier molecular flexibility index (Phi) is 5.85. The Morgan fingerprint density at radius 1 is 1.32 bits per heavy atom. The second-order valence-corrected chi connectivity index (χ2v) is 4.17. The topological polar surface area (TPSA) is 78.6 Å². The van der Waals surface area contributed by atoms with E-state index in [1.807, 2.05) is 6.92 Å². The fraction of sp³-hybridized carbons (Fsp3) is 0.429. The van der Waals surface area contributed by atoms with E-state index in [2.05, 4.69) is 0 Å². The van der Waals surface area contributed by atoms with Crippen molar-refractivity contribution in [3.63, 3.8) is 0 Å². The first-order valence-corrected chi connectivity index (χ1v) is 6.23. The fourth-order valence-electron chi connectivity index (χ4n) is 1.46. The Labute approximate surface area is 112 Å². The van der Waals surface area contributed by atoms with Gasteiger partial charge in [0.05, 0.1) is 12.2 Å². The molecule has 2 N–H and O–H groups in total. The van der Waals surface area contributed by atoms with Gasteiger partial charge < -0.3 is 15.2 Å². The molecular formula is C14H19NO4. The van der Waals surface area contributed by atoms with Gasteiger partial charge in [0, 0.05) is 5.69 Å². The maximum atomic E-state index is 11.4. The van der Waals surface area contributed by atoms with Gasteiger partial charge in [-0.05, 0) is 31.5 Å². The van der Waals surface area contributed by atoms with Crippen molar-refractivity contribution in [3.8, 4) is 5.75 Å². The molecule has 1 aromatic rings. The first-order valence-electron chi connectivity index (χ1n) is 6.23. The summed E-state index contributed by atoms with van der Waals surface area (Å²) in [6.07, 6.45) is 1.78. The van der Waals surface area contributed by atoms with E-state index >= 15 is 0 Å². The molecule has 0 aliphatic carbocycles. The van der Waals surface area contributed by atoms with Crippen molar-refractivity contribution in [1.82, 2.24) is 0 Å². The molecule has 5 nitrogen and oxygen atoms in total. The maximum Gasteiger partial charge on any atom is 0.344 e. The van der Waals surface area contributed by atoms with Gasteiger partial charge >= 0.3 is 5.97 Å². The number of esters is 1. The summed E-state index contributed by atoms with van der Waals surface area (Å²) in [5.41, 5.74) is 6.44. The number of ketones is 1. The number of anilines is 1. The minimum Gasteiger partial charge on any atom is -0.481 e. The van der Waals surface area contributed by atoms with E-state index in [0.29, 0.717) is 23.6 Å². The van der Waals surface area contributed by atoms with Gasteiger partial charge in [0.15, 0.2) is 12.4 Å². The molecule has 0 radical (unpaired) electrons. The lowest BCUT2D eigenvalue weighted by Gasteiger charge is -2.10. The third-order valence-electron chi connectivity index (χ3n) is 2.49. The summed E-state index contributed by atoms with van der Waals surface area (Å²) in [6.45, 7) is 3.60. The smallest absolute Gasteiger partial charge is 0.344 e. The van der Waals surface area contributed by atoms with E-state index in [0.717, 1.165) is 12.8 Å². The molecule has 0 aliphatic heterocycles. The van der Waals surface area contributed by atoms with Crippen LogP contribution in [0.15, 0.2) is 18.2 Å². The molecular weight excluding hydrogens is 246 g/mol. The molecule has 1 rings (SSSR count). The van der Waals surface area contributed by atoms with Gasteiger partial charge in [-0.3, -0.25) is 4.79 Å². The number of carbonyl (C=O) groups is 2. The minimum absolute atomic E-state index is 0.165. The molecule has 0 atom stereocenters. The van der Waals surface area contributed by atoms with Gasteiger partial charge in [-0.1, -0.05) is 13.3 Å². The van der Waals surface area contributed by atoms with Crippen LogP contribution in [0.3, 0.4) is 0 Å². The number of benzene rings is 1. The highest BCUT2D eigenvalue weighted by Gasteiger charge is 2.11. The number of ether oxygens (including phenoxy) is 2. The van der Waals surface area contributed by atoms with Crippen LogP contribution in [0.25, 0.3) is 0 Å². The van der Waals surface area contributed by atoms with Crippen LogP contribution < -0.4 is 10.5 Å². The molecule has 0 amide bonds. The molecule has 0 aliphatic rings. The second-order valence-electron chi connectivity index (χ2n) is 4.17. The molecule has 0 aromatic heterocycles. The monoisotopic (exact) mass is 265 g/mol. The number of rotatable bonds is 7. The van der Waals surface area contributed by atoms with Crippen LogP contribution >= 0.6 is 0 Å².